The molecule has 2 heterocycles. The summed E-state index contributed by atoms with van der Waals surface area (Å²) in [6, 6.07) is 10.0. The van der Waals surface area contributed by atoms with Gasteiger partial charge in [0, 0.05) is 6.08 Å². The summed E-state index contributed by atoms with van der Waals surface area (Å²) in [6.45, 7) is 5.69. The molecule has 8 nitrogen and oxygen atoms in total. The third-order valence-electron chi connectivity index (χ3n) is 4.81. The number of hydrogen-bond donors (Lipinski definition) is 1. The lowest BCUT2D eigenvalue weighted by Crippen LogP contribution is -2.38. The fourth-order valence-corrected chi connectivity index (χ4v) is 3.50. The van der Waals surface area contributed by atoms with Gasteiger partial charge in [-0.25, -0.2) is 4.79 Å². The number of benzene rings is 2. The molecule has 0 bridgehead atoms. The van der Waals surface area contributed by atoms with Gasteiger partial charge in [0.25, 0.3) is 5.91 Å². The number of fused-ring (bicyclic) bond motifs is 1. The molecule has 4 rings (SSSR count). The lowest BCUT2D eigenvalue weighted by Gasteiger charge is -2.23. The largest absolute Gasteiger partial charge is 0.490 e. The molecule has 0 unspecified atom stereocenters. The van der Waals surface area contributed by atoms with Crippen LogP contribution in [0.1, 0.15) is 35.3 Å². The van der Waals surface area contributed by atoms with Crippen molar-refractivity contribution in [2.75, 3.05) is 6.61 Å². The van der Waals surface area contributed by atoms with Crippen LogP contribution in [-0.4, -0.2) is 35.2 Å². The van der Waals surface area contributed by atoms with Crippen LogP contribution in [0.2, 0.25) is 5.02 Å². The predicted octanol–water partition coefficient (Wildman–Crippen LogP) is 4.72. The number of carbonyl (C=O) groups is 2. The van der Waals surface area contributed by atoms with Crippen LogP contribution in [-0.2, 0) is 9.63 Å². The average molecular weight is 466 g/mol. The van der Waals surface area contributed by atoms with Gasteiger partial charge in [0.2, 0.25) is 0 Å². The maximum Gasteiger partial charge on any atom is 0.343 e. The first-order chi connectivity index (χ1) is 15.8. The SMILES string of the molecule is CCOc1cc(/C=C2/C(=N)N3OC(C)=CC3=NC2=O)cc(Cl)c1OC(=O)c1ccc(C)cc1. The standard InChI is InChI=1S/C24H20ClN3O5/c1-4-31-19-12-15(10-17-22(26)28-20(27-23(17)29)9-14(3)33-28)11-18(25)21(19)32-24(30)16-7-5-13(2)6-8-16/h5-12,26H,4H2,1-3H3/b17-10-,26-22?. The van der Waals surface area contributed by atoms with E-state index in [4.69, 9.17) is 31.3 Å². The highest BCUT2D eigenvalue weighted by atomic mass is 35.5. The Hall–Kier alpha value is -3.91. The van der Waals surface area contributed by atoms with Crippen LogP contribution in [0.5, 0.6) is 11.5 Å². The number of ether oxygens (including phenoxy) is 2. The first-order valence-corrected chi connectivity index (χ1v) is 10.5. The second-order valence-corrected chi connectivity index (χ2v) is 7.75. The number of hydrogen-bond acceptors (Lipinski definition) is 6. The smallest absolute Gasteiger partial charge is 0.343 e. The van der Waals surface area contributed by atoms with Gasteiger partial charge in [0.15, 0.2) is 23.2 Å². The normalized spacial score (nSPS) is 16.2. The molecular formula is C24H20ClN3O5. The summed E-state index contributed by atoms with van der Waals surface area (Å²) >= 11 is 6.43. The van der Waals surface area contributed by atoms with E-state index in [1.807, 2.05) is 19.1 Å². The zero-order valence-corrected chi connectivity index (χ0v) is 18.9. The van der Waals surface area contributed by atoms with Gasteiger partial charge in [-0.2, -0.15) is 4.99 Å². The first kappa shape index (κ1) is 22.3. The van der Waals surface area contributed by atoms with Crippen LogP contribution in [0.3, 0.4) is 0 Å². The number of halogens is 1. The number of aliphatic imine (C=N–C) groups is 1. The van der Waals surface area contributed by atoms with Crippen molar-refractivity contribution < 1.29 is 23.9 Å². The second kappa shape index (κ2) is 8.91. The summed E-state index contributed by atoms with van der Waals surface area (Å²) in [5.41, 5.74) is 1.87. The second-order valence-electron chi connectivity index (χ2n) is 7.34. The summed E-state index contributed by atoms with van der Waals surface area (Å²) in [4.78, 5) is 34.5. The number of rotatable bonds is 5. The molecule has 0 saturated heterocycles. The third kappa shape index (κ3) is 4.51. The number of esters is 1. The van der Waals surface area contributed by atoms with Crippen molar-refractivity contribution in [1.82, 2.24) is 5.06 Å². The number of amides is 1. The quantitative estimate of drug-likeness (QED) is 0.389. The minimum Gasteiger partial charge on any atom is -0.490 e. The highest BCUT2D eigenvalue weighted by molar-refractivity contribution is 6.34. The average Bonchev–Trinajstić information content (AvgIpc) is 3.14. The van der Waals surface area contributed by atoms with Crippen LogP contribution in [0.4, 0.5) is 0 Å². The Morgan fingerprint density at radius 1 is 1.24 bits per heavy atom. The Balaban J connectivity index is 1.66. The number of carbonyl (C=O) groups excluding carboxylic acids is 2. The fraction of sp³-hybridized carbons (Fsp3) is 0.167. The minimum absolute atomic E-state index is 0.0183. The topological polar surface area (TPSA) is 101 Å². The Morgan fingerprint density at radius 2 is 1.97 bits per heavy atom. The number of nitrogens with one attached hydrogen (secondary N) is 1. The van der Waals surface area contributed by atoms with Gasteiger partial charge in [-0.3, -0.25) is 10.2 Å². The fourth-order valence-electron chi connectivity index (χ4n) is 3.24. The maximum atomic E-state index is 12.6. The van der Waals surface area contributed by atoms with Crippen LogP contribution < -0.4 is 9.47 Å². The Labute approximate surface area is 195 Å². The number of nitrogens with zero attached hydrogens (tertiary/aromatic N) is 2. The predicted molar refractivity (Wildman–Crippen MR) is 124 cm³/mol. The molecule has 0 aliphatic carbocycles. The van der Waals surface area contributed by atoms with Crippen LogP contribution in [0.25, 0.3) is 6.08 Å². The lowest BCUT2D eigenvalue weighted by molar-refractivity contribution is -0.114. The molecule has 1 N–H and O–H groups in total. The summed E-state index contributed by atoms with van der Waals surface area (Å²) in [6.07, 6.45) is 3.03. The molecule has 0 fully saturated rings. The number of hydroxylamine groups is 2. The van der Waals surface area contributed by atoms with Crippen molar-refractivity contribution in [2.45, 2.75) is 20.8 Å². The molecule has 1 amide bonds. The third-order valence-corrected chi connectivity index (χ3v) is 5.09. The van der Waals surface area contributed by atoms with Gasteiger partial charge in [-0.1, -0.05) is 29.3 Å². The van der Waals surface area contributed by atoms with Crippen molar-refractivity contribution in [3.05, 3.63) is 75.5 Å². The molecule has 0 radical (unpaired) electrons. The Morgan fingerprint density at radius 3 is 2.67 bits per heavy atom. The molecule has 168 valence electrons. The van der Waals surface area contributed by atoms with Gasteiger partial charge in [0.1, 0.15) is 5.76 Å². The summed E-state index contributed by atoms with van der Waals surface area (Å²) in [5, 5.41) is 9.63. The van der Waals surface area contributed by atoms with E-state index in [1.165, 1.54) is 17.2 Å². The molecule has 2 aliphatic rings. The van der Waals surface area contributed by atoms with Gasteiger partial charge in [-0.05, 0) is 56.7 Å². The first-order valence-electron chi connectivity index (χ1n) is 10.1. The van der Waals surface area contributed by atoms with E-state index < -0.39 is 11.9 Å². The van der Waals surface area contributed by atoms with Crippen molar-refractivity contribution >= 4 is 41.2 Å². The van der Waals surface area contributed by atoms with Crippen LogP contribution >= 0.6 is 11.6 Å². The van der Waals surface area contributed by atoms with E-state index in [1.54, 1.807) is 38.1 Å². The number of amidine groups is 2. The van der Waals surface area contributed by atoms with Gasteiger partial charge >= 0.3 is 5.97 Å². The summed E-state index contributed by atoms with van der Waals surface area (Å²) < 4.78 is 11.2. The van der Waals surface area contributed by atoms with Gasteiger partial charge < -0.3 is 14.3 Å². The molecule has 2 aliphatic heterocycles. The van der Waals surface area contributed by atoms with Crippen molar-refractivity contribution in [3.8, 4) is 11.5 Å². The van der Waals surface area contributed by atoms with Crippen molar-refractivity contribution in [2.24, 2.45) is 4.99 Å². The summed E-state index contributed by atoms with van der Waals surface area (Å²) in [5.74, 6) is -0.235. The van der Waals surface area contributed by atoms with E-state index in [2.05, 4.69) is 4.99 Å². The van der Waals surface area contributed by atoms with Gasteiger partial charge in [0.05, 0.1) is 22.8 Å². The van der Waals surface area contributed by atoms with E-state index >= 15 is 0 Å². The highest BCUT2D eigenvalue weighted by Crippen LogP contribution is 2.38. The Kier molecular flexibility index (Phi) is 6.02. The molecule has 2 aromatic carbocycles. The van der Waals surface area contributed by atoms with Crippen molar-refractivity contribution in [1.29, 1.82) is 5.41 Å². The van der Waals surface area contributed by atoms with Crippen LogP contribution in [0.15, 0.2) is 58.8 Å². The molecule has 2 aromatic rings. The van der Waals surface area contributed by atoms with E-state index in [0.29, 0.717) is 23.5 Å². The number of aryl methyl sites for hydroxylation is 1. The molecule has 0 atom stereocenters. The van der Waals surface area contributed by atoms with Crippen LogP contribution in [0, 0.1) is 12.3 Å². The molecule has 0 spiro atoms. The maximum absolute atomic E-state index is 12.6. The Bertz CT molecular complexity index is 1260. The molecule has 33 heavy (non-hydrogen) atoms. The lowest BCUT2D eigenvalue weighted by atomic mass is 10.1. The molecule has 0 aromatic heterocycles. The van der Waals surface area contributed by atoms with E-state index in [0.717, 1.165) is 5.56 Å². The zero-order chi connectivity index (χ0) is 23.7. The van der Waals surface area contributed by atoms with E-state index in [9.17, 15) is 9.59 Å². The van der Waals surface area contributed by atoms with E-state index in [-0.39, 0.29) is 33.8 Å². The molecule has 9 heteroatoms. The zero-order valence-electron chi connectivity index (χ0n) is 18.1. The minimum atomic E-state index is -0.580. The van der Waals surface area contributed by atoms with Crippen molar-refractivity contribution in [3.63, 3.8) is 0 Å². The van der Waals surface area contributed by atoms with Gasteiger partial charge in [-0.15, -0.1) is 5.06 Å². The monoisotopic (exact) mass is 465 g/mol. The summed E-state index contributed by atoms with van der Waals surface area (Å²) in [7, 11) is 0. The number of allylic oxidation sites excluding steroid dienone is 1. The molecule has 0 saturated carbocycles. The highest BCUT2D eigenvalue weighted by Gasteiger charge is 2.34. The molecular weight excluding hydrogens is 446 g/mol.